The van der Waals surface area contributed by atoms with E-state index in [2.05, 4.69) is 5.32 Å². The normalized spacial score (nSPS) is 12.4. The number of primary sulfonamides is 1. The summed E-state index contributed by atoms with van der Waals surface area (Å²) in [5.41, 5.74) is 2.08. The van der Waals surface area contributed by atoms with E-state index in [0.717, 1.165) is 63.7 Å². The van der Waals surface area contributed by atoms with Gasteiger partial charge in [0, 0.05) is 32.2 Å². The first-order chi connectivity index (χ1) is 17.7. The molecule has 0 aliphatic rings. The van der Waals surface area contributed by atoms with E-state index >= 15 is 0 Å². The number of esters is 1. The van der Waals surface area contributed by atoms with Gasteiger partial charge in [-0.15, -0.1) is 0 Å². The largest absolute Gasteiger partial charge is 0.508 e. The molecule has 0 amide bonds. The maximum Gasteiger partial charge on any atom is 0.302 e. The number of aliphatic hydroxyl groups excluding tert-OH is 1. The van der Waals surface area contributed by atoms with E-state index < -0.39 is 22.1 Å². The lowest BCUT2D eigenvalue weighted by Gasteiger charge is -2.14. The van der Waals surface area contributed by atoms with Crippen LogP contribution in [0.15, 0.2) is 47.4 Å². The summed E-state index contributed by atoms with van der Waals surface area (Å²) in [7, 11) is -3.66. The minimum Gasteiger partial charge on any atom is -0.508 e. The van der Waals surface area contributed by atoms with Crippen LogP contribution in [0.25, 0.3) is 0 Å². The Bertz CT molecular complexity index is 1080. The maximum absolute atomic E-state index is 11.4. The van der Waals surface area contributed by atoms with Crippen LogP contribution in [0.4, 0.5) is 0 Å². The van der Waals surface area contributed by atoms with Gasteiger partial charge in [0.2, 0.25) is 10.0 Å². The number of hydrogen-bond acceptors (Lipinski definition) is 8. The molecule has 0 radical (unpaired) electrons. The second kappa shape index (κ2) is 16.4. The highest BCUT2D eigenvalue weighted by Crippen LogP contribution is 2.23. The molecule has 0 aromatic heterocycles. The molecule has 0 fully saturated rings. The molecule has 0 spiro atoms. The molecule has 0 saturated carbocycles. The summed E-state index contributed by atoms with van der Waals surface area (Å²) in [6, 6.07) is 11.6. The van der Waals surface area contributed by atoms with Crippen molar-refractivity contribution in [2.45, 2.75) is 69.5 Å². The summed E-state index contributed by atoms with van der Waals surface area (Å²) >= 11 is 0. The zero-order valence-corrected chi connectivity index (χ0v) is 22.3. The number of rotatable bonds is 18. The molecule has 37 heavy (non-hydrogen) atoms. The predicted molar refractivity (Wildman–Crippen MR) is 141 cm³/mol. The Labute approximate surface area is 220 Å². The molecule has 0 unspecified atom stereocenters. The topological polar surface area (TPSA) is 148 Å². The lowest BCUT2D eigenvalue weighted by molar-refractivity contribution is -0.142. The number of unbranched alkanes of at least 4 members (excludes halogenated alkanes) is 4. The van der Waals surface area contributed by atoms with Gasteiger partial charge in [-0.05, 0) is 80.5 Å². The number of hydrogen-bond donors (Lipinski definition) is 4. The summed E-state index contributed by atoms with van der Waals surface area (Å²) in [6.45, 7) is 3.88. The molecule has 2 aromatic rings. The molecule has 0 aliphatic heterocycles. The van der Waals surface area contributed by atoms with Gasteiger partial charge in [-0.1, -0.05) is 24.6 Å². The number of carbonyl (C=O) groups excluding carboxylic acids is 1. The predicted octanol–water partition coefficient (Wildman–Crippen LogP) is 3.33. The van der Waals surface area contributed by atoms with E-state index in [4.69, 9.17) is 14.6 Å². The van der Waals surface area contributed by atoms with E-state index in [1.807, 2.05) is 6.07 Å². The molecule has 0 heterocycles. The third-order valence-electron chi connectivity index (χ3n) is 5.88. The Hall–Kier alpha value is -2.50. The third-order valence-corrected chi connectivity index (χ3v) is 6.79. The number of aryl methyl sites for hydroxylation is 1. The number of aliphatic hydroxyl groups is 1. The summed E-state index contributed by atoms with van der Waals surface area (Å²) in [6.07, 6.45) is 6.00. The summed E-state index contributed by atoms with van der Waals surface area (Å²) in [5.74, 6) is -0.401. The smallest absolute Gasteiger partial charge is 0.302 e. The van der Waals surface area contributed by atoms with Crippen LogP contribution in [-0.2, 0) is 37.3 Å². The molecule has 10 heteroatoms. The Morgan fingerprint density at radius 2 is 1.76 bits per heavy atom. The molecule has 2 rings (SSSR count). The van der Waals surface area contributed by atoms with Gasteiger partial charge in [-0.2, -0.15) is 0 Å². The number of sulfonamides is 1. The summed E-state index contributed by atoms with van der Waals surface area (Å²) in [5, 5.41) is 28.7. The van der Waals surface area contributed by atoms with Crippen molar-refractivity contribution in [1.29, 1.82) is 0 Å². The fourth-order valence-electron chi connectivity index (χ4n) is 3.79. The van der Waals surface area contributed by atoms with Gasteiger partial charge in [-0.3, -0.25) is 4.79 Å². The first-order valence-electron chi connectivity index (χ1n) is 12.7. The van der Waals surface area contributed by atoms with E-state index in [1.54, 1.807) is 24.3 Å². The second-order valence-corrected chi connectivity index (χ2v) is 10.6. The number of phenols is 1. The molecule has 0 saturated heterocycles. The number of phenolic OH excluding ortho intramolecular Hbond substituents is 1. The van der Waals surface area contributed by atoms with Gasteiger partial charge >= 0.3 is 5.97 Å². The molecular weight excluding hydrogens is 496 g/mol. The van der Waals surface area contributed by atoms with Crippen molar-refractivity contribution in [3.8, 4) is 5.75 Å². The van der Waals surface area contributed by atoms with Crippen LogP contribution in [0.1, 0.15) is 68.2 Å². The molecule has 0 bridgehead atoms. The van der Waals surface area contributed by atoms with Crippen LogP contribution in [0.5, 0.6) is 5.75 Å². The lowest BCUT2D eigenvalue weighted by atomic mass is 10.1. The van der Waals surface area contributed by atoms with Gasteiger partial charge in [0.15, 0.2) is 0 Å². The van der Waals surface area contributed by atoms with Gasteiger partial charge in [-0.25, -0.2) is 13.6 Å². The Morgan fingerprint density at radius 3 is 2.46 bits per heavy atom. The summed E-state index contributed by atoms with van der Waals surface area (Å²) < 4.78 is 33.5. The highest BCUT2D eigenvalue weighted by Gasteiger charge is 2.11. The molecule has 5 N–H and O–H groups in total. The van der Waals surface area contributed by atoms with E-state index in [-0.39, 0.29) is 17.3 Å². The molecular formula is C27H40N2O7S. The number of nitrogens with one attached hydrogen (secondary N) is 1. The van der Waals surface area contributed by atoms with Crippen LogP contribution >= 0.6 is 0 Å². The SMILES string of the molecule is CC(=O)OCc1cc([C@@H](O)CNCCCCCOCCCCCc2cccc(S(N)(=O)=O)c2)ccc1O. The minimum atomic E-state index is -3.66. The molecule has 206 valence electrons. The first-order valence-corrected chi connectivity index (χ1v) is 14.2. The van der Waals surface area contributed by atoms with E-state index in [0.29, 0.717) is 24.3 Å². The number of carbonyl (C=O) groups is 1. The molecule has 0 aliphatic carbocycles. The highest BCUT2D eigenvalue weighted by atomic mass is 32.2. The van der Waals surface area contributed by atoms with E-state index in [9.17, 15) is 23.4 Å². The van der Waals surface area contributed by atoms with Crippen LogP contribution in [0.2, 0.25) is 0 Å². The fraction of sp³-hybridized carbons (Fsp3) is 0.519. The standard InChI is InChI=1S/C27H40N2O7S/c1-21(30)36-20-24-18-23(12-13-26(24)31)27(32)19-29-14-5-3-7-16-35-15-6-2-4-9-22-10-8-11-25(17-22)37(28,33)34/h8,10-13,17-18,27,29,31-32H,2-7,9,14-16,19-20H2,1H3,(H2,28,33,34)/t27-/m0/s1. The zero-order valence-electron chi connectivity index (χ0n) is 21.5. The number of aromatic hydroxyl groups is 1. The minimum absolute atomic E-state index is 0.0283. The quantitative estimate of drug-likeness (QED) is 0.167. The number of benzene rings is 2. The Balaban J connectivity index is 1.47. The van der Waals surface area contributed by atoms with Crippen molar-refractivity contribution in [1.82, 2.24) is 5.32 Å². The van der Waals surface area contributed by atoms with Gasteiger partial charge in [0.25, 0.3) is 0 Å². The van der Waals surface area contributed by atoms with Crippen molar-refractivity contribution in [3.05, 3.63) is 59.2 Å². The van der Waals surface area contributed by atoms with Crippen molar-refractivity contribution in [2.24, 2.45) is 5.14 Å². The summed E-state index contributed by atoms with van der Waals surface area (Å²) in [4.78, 5) is 11.1. The van der Waals surface area contributed by atoms with Gasteiger partial charge in [0.05, 0.1) is 11.0 Å². The number of nitrogens with two attached hydrogens (primary N) is 1. The van der Waals surface area contributed by atoms with Crippen molar-refractivity contribution >= 4 is 16.0 Å². The second-order valence-electron chi connectivity index (χ2n) is 9.06. The van der Waals surface area contributed by atoms with Crippen molar-refractivity contribution in [2.75, 3.05) is 26.3 Å². The van der Waals surface area contributed by atoms with Gasteiger partial charge in [0.1, 0.15) is 12.4 Å². The third kappa shape index (κ3) is 12.5. The Kier molecular flexibility index (Phi) is 13.6. The van der Waals surface area contributed by atoms with Gasteiger partial charge < -0.3 is 25.0 Å². The molecule has 9 nitrogen and oxygen atoms in total. The van der Waals surface area contributed by atoms with Crippen LogP contribution < -0.4 is 10.5 Å². The van der Waals surface area contributed by atoms with Crippen LogP contribution in [-0.4, -0.2) is 50.9 Å². The lowest BCUT2D eigenvalue weighted by Crippen LogP contribution is -2.22. The zero-order chi connectivity index (χ0) is 27.1. The molecule has 1 atom stereocenters. The molecule has 2 aromatic carbocycles. The number of ether oxygens (including phenoxy) is 2. The maximum atomic E-state index is 11.4. The fourth-order valence-corrected chi connectivity index (χ4v) is 4.37. The van der Waals surface area contributed by atoms with Crippen molar-refractivity contribution in [3.63, 3.8) is 0 Å². The van der Waals surface area contributed by atoms with E-state index in [1.165, 1.54) is 19.1 Å². The highest BCUT2D eigenvalue weighted by molar-refractivity contribution is 7.89. The average molecular weight is 537 g/mol. The monoisotopic (exact) mass is 536 g/mol. The van der Waals surface area contributed by atoms with Crippen LogP contribution in [0.3, 0.4) is 0 Å². The average Bonchev–Trinajstić information content (AvgIpc) is 2.85. The first kappa shape index (κ1) is 30.7. The van der Waals surface area contributed by atoms with Crippen LogP contribution in [0, 0.1) is 0 Å². The van der Waals surface area contributed by atoms with Crippen molar-refractivity contribution < 1.29 is 32.9 Å². The Morgan fingerprint density at radius 1 is 1.03 bits per heavy atom.